The topological polar surface area (TPSA) is 86.6 Å². The fourth-order valence-corrected chi connectivity index (χ4v) is 1.80. The largest absolute Gasteiger partial charge is 0.478 e. The first kappa shape index (κ1) is 12.6. The quantitative estimate of drug-likeness (QED) is 0.723. The molecule has 0 atom stereocenters. The molecule has 3 N–H and O–H groups in total. The number of hydrogen-bond donors (Lipinski definition) is 3. The number of aromatic carboxylic acids is 1. The van der Waals surface area contributed by atoms with Gasteiger partial charge in [-0.25, -0.2) is 4.79 Å². The number of aliphatic hydroxyl groups excluding tert-OH is 1. The molecule has 5 heteroatoms. The van der Waals surface area contributed by atoms with Crippen LogP contribution in [-0.2, 0) is 0 Å². The fraction of sp³-hybridized carbons (Fsp3) is 0.385. The van der Waals surface area contributed by atoms with Crippen LogP contribution in [-0.4, -0.2) is 35.2 Å². The number of aliphatic hydroxyl groups is 1. The van der Waals surface area contributed by atoms with Gasteiger partial charge in [0.15, 0.2) is 0 Å². The Balaban J connectivity index is 2.07. The highest BCUT2D eigenvalue weighted by Crippen LogP contribution is 2.44. The van der Waals surface area contributed by atoms with Gasteiger partial charge in [0.2, 0.25) is 0 Å². The van der Waals surface area contributed by atoms with E-state index in [9.17, 15) is 9.59 Å². The summed E-state index contributed by atoms with van der Waals surface area (Å²) in [6.45, 7) is 0.435. The van der Waals surface area contributed by atoms with Crippen LogP contribution in [0.1, 0.15) is 33.6 Å². The van der Waals surface area contributed by atoms with Crippen molar-refractivity contribution in [2.45, 2.75) is 12.8 Å². The molecule has 0 saturated heterocycles. The maximum Gasteiger partial charge on any atom is 0.336 e. The molecule has 1 fully saturated rings. The predicted molar refractivity (Wildman–Crippen MR) is 64.5 cm³/mol. The van der Waals surface area contributed by atoms with Gasteiger partial charge in [-0.2, -0.15) is 0 Å². The number of rotatable bonds is 5. The van der Waals surface area contributed by atoms with Gasteiger partial charge in [0.25, 0.3) is 5.91 Å². The number of carbonyl (C=O) groups is 2. The number of amides is 1. The van der Waals surface area contributed by atoms with Crippen LogP contribution in [0.3, 0.4) is 0 Å². The Morgan fingerprint density at radius 1 is 1.22 bits per heavy atom. The molecule has 1 aromatic rings. The van der Waals surface area contributed by atoms with Crippen molar-refractivity contribution in [2.75, 3.05) is 13.2 Å². The van der Waals surface area contributed by atoms with Gasteiger partial charge >= 0.3 is 5.97 Å². The average Bonchev–Trinajstić information content (AvgIpc) is 3.16. The van der Waals surface area contributed by atoms with Crippen molar-refractivity contribution in [2.24, 2.45) is 5.41 Å². The molecule has 0 bridgehead atoms. The van der Waals surface area contributed by atoms with Gasteiger partial charge in [-0.3, -0.25) is 4.79 Å². The highest BCUT2D eigenvalue weighted by molar-refractivity contribution is 6.04. The molecule has 0 spiro atoms. The first-order valence-corrected chi connectivity index (χ1v) is 5.79. The van der Waals surface area contributed by atoms with Crippen LogP contribution >= 0.6 is 0 Å². The third-order valence-electron chi connectivity index (χ3n) is 3.32. The fourth-order valence-electron chi connectivity index (χ4n) is 1.80. The maximum atomic E-state index is 11.9. The van der Waals surface area contributed by atoms with Crippen LogP contribution in [0, 0.1) is 5.41 Å². The molecule has 0 unspecified atom stereocenters. The first-order chi connectivity index (χ1) is 8.58. The lowest BCUT2D eigenvalue weighted by Crippen LogP contribution is -2.32. The molecular formula is C13H15NO4. The van der Waals surface area contributed by atoms with E-state index in [4.69, 9.17) is 10.2 Å². The minimum Gasteiger partial charge on any atom is -0.478 e. The summed E-state index contributed by atoms with van der Waals surface area (Å²) in [5.74, 6) is -1.53. The molecule has 1 aliphatic carbocycles. The van der Waals surface area contributed by atoms with Crippen molar-refractivity contribution in [3.63, 3.8) is 0 Å². The number of carboxylic acids is 1. The Morgan fingerprint density at radius 3 is 2.33 bits per heavy atom. The van der Waals surface area contributed by atoms with Crippen LogP contribution in [0.5, 0.6) is 0 Å². The summed E-state index contributed by atoms with van der Waals surface area (Å²) in [6, 6.07) is 6.09. The van der Waals surface area contributed by atoms with Crippen molar-refractivity contribution in [1.29, 1.82) is 0 Å². The van der Waals surface area contributed by atoms with E-state index >= 15 is 0 Å². The van der Waals surface area contributed by atoms with Gasteiger partial charge < -0.3 is 15.5 Å². The second-order valence-electron chi connectivity index (χ2n) is 4.69. The van der Waals surface area contributed by atoms with E-state index in [1.54, 1.807) is 12.1 Å². The smallest absolute Gasteiger partial charge is 0.336 e. The lowest BCUT2D eigenvalue weighted by Gasteiger charge is -2.13. The van der Waals surface area contributed by atoms with Crippen LogP contribution < -0.4 is 5.32 Å². The van der Waals surface area contributed by atoms with E-state index in [0.717, 1.165) is 12.8 Å². The van der Waals surface area contributed by atoms with Crippen molar-refractivity contribution < 1.29 is 19.8 Å². The van der Waals surface area contributed by atoms with E-state index in [1.165, 1.54) is 12.1 Å². The van der Waals surface area contributed by atoms with Crippen LogP contribution in [0.2, 0.25) is 0 Å². The van der Waals surface area contributed by atoms with Gasteiger partial charge in [0.05, 0.1) is 17.7 Å². The molecule has 0 aromatic heterocycles. The molecule has 1 saturated carbocycles. The minimum absolute atomic E-state index is 0.0103. The third kappa shape index (κ3) is 2.51. The lowest BCUT2D eigenvalue weighted by molar-refractivity contribution is 0.0690. The van der Waals surface area contributed by atoms with Gasteiger partial charge in [-0.05, 0) is 25.0 Å². The number of carbonyl (C=O) groups excluding carboxylic acids is 1. The Kier molecular flexibility index (Phi) is 3.34. The molecule has 0 heterocycles. The summed E-state index contributed by atoms with van der Waals surface area (Å²) >= 11 is 0. The Bertz CT molecular complexity index is 480. The first-order valence-electron chi connectivity index (χ1n) is 5.79. The normalized spacial score (nSPS) is 16.1. The summed E-state index contributed by atoms with van der Waals surface area (Å²) in [5, 5.41) is 20.8. The van der Waals surface area contributed by atoms with Crippen molar-refractivity contribution in [1.82, 2.24) is 5.32 Å². The number of benzene rings is 1. The summed E-state index contributed by atoms with van der Waals surface area (Å²) < 4.78 is 0. The van der Waals surface area contributed by atoms with Gasteiger partial charge in [-0.15, -0.1) is 0 Å². The molecule has 5 nitrogen and oxygen atoms in total. The van der Waals surface area contributed by atoms with E-state index in [0.29, 0.717) is 6.54 Å². The van der Waals surface area contributed by atoms with E-state index in [2.05, 4.69) is 5.32 Å². The zero-order valence-corrected chi connectivity index (χ0v) is 9.85. The summed E-state index contributed by atoms with van der Waals surface area (Å²) in [7, 11) is 0. The van der Waals surface area contributed by atoms with Gasteiger partial charge in [-0.1, -0.05) is 12.1 Å². The SMILES string of the molecule is O=C(O)c1ccccc1C(=O)NCC1(CO)CC1. The molecule has 0 radical (unpaired) electrons. The maximum absolute atomic E-state index is 11.9. The van der Waals surface area contributed by atoms with Gasteiger partial charge in [0.1, 0.15) is 0 Å². The molecule has 18 heavy (non-hydrogen) atoms. The van der Waals surface area contributed by atoms with Crippen molar-refractivity contribution in [3.8, 4) is 0 Å². The molecule has 1 amide bonds. The zero-order chi connectivity index (χ0) is 13.2. The second-order valence-corrected chi connectivity index (χ2v) is 4.69. The van der Waals surface area contributed by atoms with E-state index in [1.807, 2.05) is 0 Å². The summed E-state index contributed by atoms with van der Waals surface area (Å²) in [5.41, 5.74) is -0.0454. The lowest BCUT2D eigenvalue weighted by atomic mass is 10.1. The molecule has 2 rings (SSSR count). The van der Waals surface area contributed by atoms with Crippen LogP contribution in [0.4, 0.5) is 0 Å². The molecule has 1 aliphatic rings. The van der Waals surface area contributed by atoms with E-state index in [-0.39, 0.29) is 23.1 Å². The van der Waals surface area contributed by atoms with Crippen molar-refractivity contribution >= 4 is 11.9 Å². The zero-order valence-electron chi connectivity index (χ0n) is 9.85. The second kappa shape index (κ2) is 4.78. The Hall–Kier alpha value is -1.88. The predicted octanol–water partition coefficient (Wildman–Crippen LogP) is 0.887. The monoisotopic (exact) mass is 249 g/mol. The average molecular weight is 249 g/mol. The summed E-state index contributed by atoms with van der Waals surface area (Å²) in [4.78, 5) is 22.9. The Labute approximate surface area is 104 Å². The Morgan fingerprint density at radius 2 is 1.83 bits per heavy atom. The highest BCUT2D eigenvalue weighted by Gasteiger charge is 2.42. The molecular weight excluding hydrogens is 234 g/mol. The number of hydrogen-bond acceptors (Lipinski definition) is 3. The molecule has 1 aromatic carbocycles. The number of nitrogens with one attached hydrogen (secondary N) is 1. The molecule has 0 aliphatic heterocycles. The summed E-state index contributed by atoms with van der Waals surface area (Å²) in [6.07, 6.45) is 1.79. The molecule has 96 valence electrons. The van der Waals surface area contributed by atoms with Crippen LogP contribution in [0.15, 0.2) is 24.3 Å². The van der Waals surface area contributed by atoms with E-state index < -0.39 is 11.9 Å². The standard InChI is InChI=1S/C13H15NO4/c15-8-13(5-6-13)7-14-11(16)9-3-1-2-4-10(9)12(17)18/h1-4,15H,5-8H2,(H,14,16)(H,17,18). The van der Waals surface area contributed by atoms with Crippen molar-refractivity contribution in [3.05, 3.63) is 35.4 Å². The van der Waals surface area contributed by atoms with Gasteiger partial charge in [0, 0.05) is 12.0 Å². The third-order valence-corrected chi connectivity index (χ3v) is 3.32. The minimum atomic E-state index is -1.12. The van der Waals surface area contributed by atoms with Crippen LogP contribution in [0.25, 0.3) is 0 Å². The number of carboxylic acid groups (broad SMARTS) is 1. The highest BCUT2D eigenvalue weighted by atomic mass is 16.4.